The second-order valence-corrected chi connectivity index (χ2v) is 7.49. The lowest BCUT2D eigenvalue weighted by Crippen LogP contribution is -2.39. The lowest BCUT2D eigenvalue weighted by Gasteiger charge is -2.22. The Hall–Kier alpha value is -2.69. The van der Waals surface area contributed by atoms with E-state index in [1.807, 2.05) is 55.5 Å². The summed E-state index contributed by atoms with van der Waals surface area (Å²) in [7, 11) is 1.62. The maximum atomic E-state index is 12.2. The first-order valence-corrected chi connectivity index (χ1v) is 9.08. The van der Waals surface area contributed by atoms with E-state index in [9.17, 15) is 4.79 Å². The van der Waals surface area contributed by atoms with Gasteiger partial charge in [-0.05, 0) is 48.2 Å². The van der Waals surface area contributed by atoms with Crippen molar-refractivity contribution in [2.45, 2.75) is 39.2 Å². The molecule has 0 saturated carbocycles. The number of ether oxygens (including phenoxy) is 3. The van der Waals surface area contributed by atoms with Crippen molar-refractivity contribution in [1.82, 2.24) is 5.32 Å². The van der Waals surface area contributed by atoms with Crippen LogP contribution in [0.1, 0.15) is 33.3 Å². The van der Waals surface area contributed by atoms with E-state index in [1.165, 1.54) is 0 Å². The summed E-state index contributed by atoms with van der Waals surface area (Å²) >= 11 is 0. The van der Waals surface area contributed by atoms with E-state index in [0.29, 0.717) is 6.61 Å². The fraction of sp³-hybridized carbons (Fsp3) is 0.409. The third-order valence-electron chi connectivity index (χ3n) is 4.02. The van der Waals surface area contributed by atoms with E-state index in [1.54, 1.807) is 7.11 Å². The molecule has 0 saturated heterocycles. The van der Waals surface area contributed by atoms with Gasteiger partial charge in [0.2, 0.25) is 0 Å². The molecule has 5 heteroatoms. The number of hydrogen-bond acceptors (Lipinski definition) is 4. The average Bonchev–Trinajstić information content (AvgIpc) is 2.64. The Morgan fingerprint density at radius 3 is 2.26 bits per heavy atom. The lowest BCUT2D eigenvalue weighted by molar-refractivity contribution is -0.123. The zero-order valence-corrected chi connectivity index (χ0v) is 16.7. The van der Waals surface area contributed by atoms with Gasteiger partial charge in [-0.25, -0.2) is 0 Å². The van der Waals surface area contributed by atoms with Crippen LogP contribution in [0, 0.1) is 0 Å². The summed E-state index contributed by atoms with van der Waals surface area (Å²) in [4.78, 5) is 12.2. The van der Waals surface area contributed by atoms with Gasteiger partial charge >= 0.3 is 0 Å². The second kappa shape index (κ2) is 9.31. The zero-order valence-electron chi connectivity index (χ0n) is 16.7. The minimum absolute atomic E-state index is 0.0278. The van der Waals surface area contributed by atoms with Crippen LogP contribution >= 0.6 is 0 Å². The van der Waals surface area contributed by atoms with Crippen molar-refractivity contribution in [3.05, 3.63) is 54.1 Å². The van der Waals surface area contributed by atoms with Gasteiger partial charge in [-0.15, -0.1) is 0 Å². The Bertz CT molecular complexity index is 735. The Kier molecular flexibility index (Phi) is 7.11. The van der Waals surface area contributed by atoms with Crippen molar-refractivity contribution >= 4 is 5.91 Å². The van der Waals surface area contributed by atoms with Gasteiger partial charge in [0, 0.05) is 0 Å². The number of rotatable bonds is 8. The molecule has 146 valence electrons. The summed E-state index contributed by atoms with van der Waals surface area (Å²) < 4.78 is 16.5. The molecule has 0 aliphatic rings. The first kappa shape index (κ1) is 20.6. The van der Waals surface area contributed by atoms with Crippen molar-refractivity contribution in [1.29, 1.82) is 0 Å². The van der Waals surface area contributed by atoms with Crippen LogP contribution in [0.2, 0.25) is 0 Å². The summed E-state index contributed by atoms with van der Waals surface area (Å²) in [5, 5.41) is 2.89. The van der Waals surface area contributed by atoms with Crippen molar-refractivity contribution in [2.75, 3.05) is 20.3 Å². The van der Waals surface area contributed by atoms with Crippen molar-refractivity contribution in [2.24, 2.45) is 0 Å². The SMILES string of the molecule is COc1ccc(OC[C@@H](C)NC(=O)COc2ccccc2C(C)(C)C)cc1. The van der Waals surface area contributed by atoms with Gasteiger partial charge in [0.1, 0.15) is 23.9 Å². The Labute approximate surface area is 161 Å². The maximum absolute atomic E-state index is 12.2. The number of benzene rings is 2. The highest BCUT2D eigenvalue weighted by Crippen LogP contribution is 2.30. The van der Waals surface area contributed by atoms with Crippen LogP contribution in [-0.4, -0.2) is 32.3 Å². The van der Waals surface area contributed by atoms with Gasteiger partial charge < -0.3 is 19.5 Å². The topological polar surface area (TPSA) is 56.8 Å². The first-order valence-electron chi connectivity index (χ1n) is 9.08. The molecule has 0 radical (unpaired) electrons. The van der Waals surface area contributed by atoms with Crippen LogP contribution in [0.25, 0.3) is 0 Å². The fourth-order valence-corrected chi connectivity index (χ4v) is 2.61. The number of carbonyl (C=O) groups is 1. The smallest absolute Gasteiger partial charge is 0.258 e. The highest BCUT2D eigenvalue weighted by molar-refractivity contribution is 5.77. The molecule has 1 N–H and O–H groups in total. The van der Waals surface area contributed by atoms with E-state index in [-0.39, 0.29) is 24.0 Å². The minimum atomic E-state index is -0.176. The number of para-hydroxylation sites is 1. The minimum Gasteiger partial charge on any atom is -0.497 e. The monoisotopic (exact) mass is 371 g/mol. The molecule has 2 aromatic rings. The summed E-state index contributed by atoms with van der Waals surface area (Å²) in [6.07, 6.45) is 0. The van der Waals surface area contributed by atoms with Crippen LogP contribution in [-0.2, 0) is 10.2 Å². The highest BCUT2D eigenvalue weighted by atomic mass is 16.5. The predicted octanol–water partition coefficient (Wildman–Crippen LogP) is 3.96. The molecule has 2 aromatic carbocycles. The molecule has 0 fully saturated rings. The number of hydrogen-bond donors (Lipinski definition) is 1. The largest absolute Gasteiger partial charge is 0.497 e. The van der Waals surface area contributed by atoms with Crippen LogP contribution in [0.4, 0.5) is 0 Å². The van der Waals surface area contributed by atoms with Crippen molar-refractivity contribution in [3.8, 4) is 17.2 Å². The van der Waals surface area contributed by atoms with Gasteiger partial charge in [0.15, 0.2) is 6.61 Å². The fourth-order valence-electron chi connectivity index (χ4n) is 2.61. The summed E-state index contributed by atoms with van der Waals surface area (Å²) in [5.74, 6) is 2.07. The molecule has 0 spiro atoms. The third kappa shape index (κ3) is 6.51. The molecule has 1 amide bonds. The Morgan fingerprint density at radius 1 is 1.00 bits per heavy atom. The molecular formula is C22H29NO4. The number of carbonyl (C=O) groups excluding carboxylic acids is 1. The van der Waals surface area contributed by atoms with Gasteiger partial charge in [-0.3, -0.25) is 4.79 Å². The van der Waals surface area contributed by atoms with Gasteiger partial charge in [-0.2, -0.15) is 0 Å². The molecule has 0 aliphatic heterocycles. The number of nitrogens with one attached hydrogen (secondary N) is 1. The molecule has 0 aromatic heterocycles. The molecule has 1 atom stereocenters. The van der Waals surface area contributed by atoms with Gasteiger partial charge in [0.25, 0.3) is 5.91 Å². The zero-order chi connectivity index (χ0) is 19.9. The van der Waals surface area contributed by atoms with Gasteiger partial charge in [-0.1, -0.05) is 39.0 Å². The van der Waals surface area contributed by atoms with Crippen molar-refractivity contribution < 1.29 is 19.0 Å². The third-order valence-corrected chi connectivity index (χ3v) is 4.02. The normalized spacial score (nSPS) is 12.2. The predicted molar refractivity (Wildman–Crippen MR) is 107 cm³/mol. The van der Waals surface area contributed by atoms with E-state index in [0.717, 1.165) is 22.8 Å². The van der Waals surface area contributed by atoms with Crippen molar-refractivity contribution in [3.63, 3.8) is 0 Å². The summed E-state index contributed by atoms with van der Waals surface area (Å²) in [6, 6.07) is 15.0. The molecule has 0 bridgehead atoms. The molecule has 0 heterocycles. The maximum Gasteiger partial charge on any atom is 0.258 e. The number of amides is 1. The first-order chi connectivity index (χ1) is 12.8. The summed E-state index contributed by atoms with van der Waals surface area (Å²) in [6.45, 7) is 8.59. The quantitative estimate of drug-likeness (QED) is 0.763. The van der Waals surface area contributed by atoms with E-state index in [2.05, 4.69) is 26.1 Å². The molecular weight excluding hydrogens is 342 g/mol. The van der Waals surface area contributed by atoms with Crippen LogP contribution in [0.3, 0.4) is 0 Å². The van der Waals surface area contributed by atoms with E-state index >= 15 is 0 Å². The molecule has 0 aliphatic carbocycles. The lowest BCUT2D eigenvalue weighted by atomic mass is 9.86. The molecule has 5 nitrogen and oxygen atoms in total. The summed E-state index contributed by atoms with van der Waals surface area (Å²) in [5.41, 5.74) is 1.03. The second-order valence-electron chi connectivity index (χ2n) is 7.49. The Morgan fingerprint density at radius 2 is 1.63 bits per heavy atom. The van der Waals surface area contributed by atoms with Crippen LogP contribution in [0.15, 0.2) is 48.5 Å². The Balaban J connectivity index is 1.80. The number of methoxy groups -OCH3 is 1. The molecule has 2 rings (SSSR count). The van der Waals surface area contributed by atoms with Crippen LogP contribution < -0.4 is 19.5 Å². The van der Waals surface area contributed by atoms with E-state index in [4.69, 9.17) is 14.2 Å². The van der Waals surface area contributed by atoms with E-state index < -0.39 is 0 Å². The standard InChI is InChI=1S/C22H29NO4/c1-16(14-26-18-12-10-17(25-5)11-13-18)23-21(24)15-27-20-9-7-6-8-19(20)22(2,3)4/h6-13,16H,14-15H2,1-5H3,(H,23,24)/t16-/m1/s1. The van der Waals surface area contributed by atoms with Gasteiger partial charge in [0.05, 0.1) is 13.2 Å². The molecule has 0 unspecified atom stereocenters. The van der Waals surface area contributed by atoms with Crippen LogP contribution in [0.5, 0.6) is 17.2 Å². The molecule has 27 heavy (non-hydrogen) atoms. The average molecular weight is 371 g/mol. The highest BCUT2D eigenvalue weighted by Gasteiger charge is 2.19.